The number of phenols is 1. The van der Waals surface area contributed by atoms with E-state index >= 15 is 0 Å². The van der Waals surface area contributed by atoms with Crippen molar-refractivity contribution in [2.75, 3.05) is 6.54 Å². The standard InChI is InChI=1S/C9H9NO/c11-9-3-1-2-7-4-5-10-6-8(7)9/h1-3,6,11H,4-5H2. The summed E-state index contributed by atoms with van der Waals surface area (Å²) < 4.78 is 0. The molecule has 11 heavy (non-hydrogen) atoms. The van der Waals surface area contributed by atoms with Gasteiger partial charge >= 0.3 is 0 Å². The molecule has 1 aromatic carbocycles. The second-order valence-corrected chi connectivity index (χ2v) is 2.64. The number of fused-ring (bicyclic) bond motifs is 1. The molecule has 0 amide bonds. The van der Waals surface area contributed by atoms with Gasteiger partial charge in [0.05, 0.1) is 0 Å². The summed E-state index contributed by atoms with van der Waals surface area (Å²) in [5.41, 5.74) is 2.08. The molecule has 0 saturated heterocycles. The zero-order valence-corrected chi connectivity index (χ0v) is 6.12. The summed E-state index contributed by atoms with van der Waals surface area (Å²) in [5.74, 6) is 0.339. The Morgan fingerprint density at radius 3 is 3.09 bits per heavy atom. The molecule has 0 saturated carbocycles. The third-order valence-corrected chi connectivity index (χ3v) is 1.90. The van der Waals surface area contributed by atoms with Crippen molar-refractivity contribution in [3.05, 3.63) is 29.3 Å². The van der Waals surface area contributed by atoms with Crippen molar-refractivity contribution in [3.8, 4) is 5.75 Å². The molecule has 1 heterocycles. The zero-order valence-electron chi connectivity index (χ0n) is 6.12. The molecule has 0 atom stereocenters. The lowest BCUT2D eigenvalue weighted by Crippen LogP contribution is -2.02. The summed E-state index contributed by atoms with van der Waals surface area (Å²) in [6.45, 7) is 0.844. The normalized spacial score (nSPS) is 14.5. The van der Waals surface area contributed by atoms with Gasteiger partial charge in [-0.2, -0.15) is 0 Å². The molecule has 2 rings (SSSR count). The maximum Gasteiger partial charge on any atom is 0.124 e. The smallest absolute Gasteiger partial charge is 0.124 e. The largest absolute Gasteiger partial charge is 0.507 e. The first-order valence-corrected chi connectivity index (χ1v) is 3.68. The molecular formula is C9H9NO. The van der Waals surface area contributed by atoms with Gasteiger partial charge in [0.25, 0.3) is 0 Å². The lowest BCUT2D eigenvalue weighted by atomic mass is 10.0. The highest BCUT2D eigenvalue weighted by Gasteiger charge is 2.07. The Bertz CT molecular complexity index is 304. The predicted molar refractivity (Wildman–Crippen MR) is 44.3 cm³/mol. The zero-order chi connectivity index (χ0) is 7.68. The van der Waals surface area contributed by atoms with E-state index in [0.29, 0.717) is 5.75 Å². The highest BCUT2D eigenvalue weighted by Crippen LogP contribution is 2.21. The summed E-state index contributed by atoms with van der Waals surface area (Å²) in [6.07, 6.45) is 2.69. The Labute approximate surface area is 65.2 Å². The number of phenolic OH excluding ortho intramolecular Hbond substituents is 1. The fraction of sp³-hybridized carbons (Fsp3) is 0.222. The van der Waals surface area contributed by atoms with E-state index in [4.69, 9.17) is 0 Å². The van der Waals surface area contributed by atoms with E-state index in [1.54, 1.807) is 12.3 Å². The molecule has 0 unspecified atom stereocenters. The number of aromatic hydroxyl groups is 1. The van der Waals surface area contributed by atoms with Crippen LogP contribution in [0.4, 0.5) is 0 Å². The number of hydrogen-bond donors (Lipinski definition) is 1. The van der Waals surface area contributed by atoms with E-state index in [-0.39, 0.29) is 0 Å². The monoisotopic (exact) mass is 147 g/mol. The first-order chi connectivity index (χ1) is 5.38. The SMILES string of the molecule is Oc1cccc2c1C=NCC2. The molecular weight excluding hydrogens is 138 g/mol. The van der Waals surface area contributed by atoms with Gasteiger partial charge in [0, 0.05) is 18.3 Å². The average molecular weight is 147 g/mol. The van der Waals surface area contributed by atoms with Crippen LogP contribution in [0.1, 0.15) is 11.1 Å². The van der Waals surface area contributed by atoms with Gasteiger partial charge in [-0.05, 0) is 18.1 Å². The van der Waals surface area contributed by atoms with Crippen molar-refractivity contribution in [3.63, 3.8) is 0 Å². The fourth-order valence-electron chi connectivity index (χ4n) is 1.31. The van der Waals surface area contributed by atoms with Crippen LogP contribution in [0, 0.1) is 0 Å². The molecule has 0 fully saturated rings. The van der Waals surface area contributed by atoms with Gasteiger partial charge in [-0.15, -0.1) is 0 Å². The van der Waals surface area contributed by atoms with E-state index in [1.165, 1.54) is 5.56 Å². The van der Waals surface area contributed by atoms with Crippen LogP contribution in [0.15, 0.2) is 23.2 Å². The van der Waals surface area contributed by atoms with Crippen LogP contribution in [-0.2, 0) is 6.42 Å². The minimum Gasteiger partial charge on any atom is -0.507 e. The second-order valence-electron chi connectivity index (χ2n) is 2.64. The summed E-state index contributed by atoms with van der Waals surface area (Å²) in [7, 11) is 0. The molecule has 1 N–H and O–H groups in total. The van der Waals surface area contributed by atoms with Crippen LogP contribution in [-0.4, -0.2) is 17.9 Å². The fourth-order valence-corrected chi connectivity index (χ4v) is 1.31. The van der Waals surface area contributed by atoms with Crippen LogP contribution in [0.2, 0.25) is 0 Å². The molecule has 0 aromatic heterocycles. The molecule has 1 aliphatic rings. The van der Waals surface area contributed by atoms with Crippen molar-refractivity contribution in [2.24, 2.45) is 4.99 Å². The van der Waals surface area contributed by atoms with Gasteiger partial charge in [-0.1, -0.05) is 12.1 Å². The Morgan fingerprint density at radius 2 is 2.27 bits per heavy atom. The minimum atomic E-state index is 0.339. The van der Waals surface area contributed by atoms with Crippen molar-refractivity contribution >= 4 is 6.21 Å². The van der Waals surface area contributed by atoms with Crippen molar-refractivity contribution in [1.29, 1.82) is 0 Å². The average Bonchev–Trinajstić information content (AvgIpc) is 2.06. The quantitative estimate of drug-likeness (QED) is 0.590. The lowest BCUT2D eigenvalue weighted by molar-refractivity contribution is 0.473. The van der Waals surface area contributed by atoms with E-state index < -0.39 is 0 Å². The Balaban J connectivity index is 2.60. The second kappa shape index (κ2) is 2.38. The minimum absolute atomic E-state index is 0.339. The Kier molecular flexibility index (Phi) is 1.39. The summed E-state index contributed by atoms with van der Waals surface area (Å²) >= 11 is 0. The van der Waals surface area contributed by atoms with Crippen molar-refractivity contribution in [1.82, 2.24) is 0 Å². The van der Waals surface area contributed by atoms with E-state index in [9.17, 15) is 5.11 Å². The van der Waals surface area contributed by atoms with Gasteiger partial charge < -0.3 is 5.11 Å². The van der Waals surface area contributed by atoms with Gasteiger partial charge in [0.2, 0.25) is 0 Å². The van der Waals surface area contributed by atoms with Crippen LogP contribution >= 0.6 is 0 Å². The maximum absolute atomic E-state index is 9.37. The molecule has 0 spiro atoms. The highest BCUT2D eigenvalue weighted by molar-refractivity contribution is 5.86. The molecule has 2 nitrogen and oxygen atoms in total. The molecule has 0 bridgehead atoms. The Hall–Kier alpha value is -1.31. The molecule has 0 aliphatic carbocycles. The molecule has 1 aliphatic heterocycles. The first-order valence-electron chi connectivity index (χ1n) is 3.68. The number of aliphatic imine (C=N–C) groups is 1. The topological polar surface area (TPSA) is 32.6 Å². The third kappa shape index (κ3) is 1.00. The van der Waals surface area contributed by atoms with Crippen LogP contribution in [0.3, 0.4) is 0 Å². The van der Waals surface area contributed by atoms with Crippen molar-refractivity contribution in [2.45, 2.75) is 6.42 Å². The van der Waals surface area contributed by atoms with Crippen LogP contribution in [0.25, 0.3) is 0 Å². The maximum atomic E-state index is 9.37. The third-order valence-electron chi connectivity index (χ3n) is 1.90. The molecule has 1 aromatic rings. The lowest BCUT2D eigenvalue weighted by Gasteiger charge is -2.09. The number of rotatable bonds is 0. The highest BCUT2D eigenvalue weighted by atomic mass is 16.3. The molecule has 2 heteroatoms. The number of nitrogens with zero attached hydrogens (tertiary/aromatic N) is 1. The number of benzene rings is 1. The predicted octanol–water partition coefficient (Wildman–Crippen LogP) is 1.37. The number of hydrogen-bond acceptors (Lipinski definition) is 2. The van der Waals surface area contributed by atoms with Gasteiger partial charge in [0.1, 0.15) is 5.75 Å². The summed E-state index contributed by atoms with van der Waals surface area (Å²) in [4.78, 5) is 4.09. The van der Waals surface area contributed by atoms with Crippen molar-refractivity contribution < 1.29 is 5.11 Å². The van der Waals surface area contributed by atoms with Gasteiger partial charge in [0.15, 0.2) is 0 Å². The Morgan fingerprint density at radius 1 is 1.36 bits per heavy atom. The van der Waals surface area contributed by atoms with Gasteiger partial charge in [-0.25, -0.2) is 0 Å². The summed E-state index contributed by atoms with van der Waals surface area (Å²) in [6, 6.07) is 5.59. The molecule has 0 radical (unpaired) electrons. The van der Waals surface area contributed by atoms with Crippen LogP contribution in [0.5, 0.6) is 5.75 Å². The van der Waals surface area contributed by atoms with E-state index in [1.807, 2.05) is 12.1 Å². The van der Waals surface area contributed by atoms with E-state index in [2.05, 4.69) is 4.99 Å². The van der Waals surface area contributed by atoms with Crippen LogP contribution < -0.4 is 0 Å². The summed E-state index contributed by atoms with van der Waals surface area (Å²) in [5, 5.41) is 9.37. The van der Waals surface area contributed by atoms with Gasteiger partial charge in [-0.3, -0.25) is 4.99 Å². The first kappa shape index (κ1) is 6.40. The molecule has 56 valence electrons. The van der Waals surface area contributed by atoms with E-state index in [0.717, 1.165) is 18.5 Å².